The van der Waals surface area contributed by atoms with Gasteiger partial charge < -0.3 is 10.4 Å². The maximum Gasteiger partial charge on any atom is 0.312 e. The van der Waals surface area contributed by atoms with E-state index in [2.05, 4.69) is 5.32 Å². The van der Waals surface area contributed by atoms with E-state index in [4.69, 9.17) is 5.11 Å². The lowest BCUT2D eigenvalue weighted by Crippen LogP contribution is -2.31. The van der Waals surface area contributed by atoms with Gasteiger partial charge in [0, 0.05) is 11.8 Å². The van der Waals surface area contributed by atoms with Crippen molar-refractivity contribution in [1.82, 2.24) is 5.32 Å². The van der Waals surface area contributed by atoms with Crippen LogP contribution in [0.15, 0.2) is 0 Å². The normalized spacial score (nSPS) is 21.4. The van der Waals surface area contributed by atoms with Crippen molar-refractivity contribution >= 4 is 23.6 Å². The summed E-state index contributed by atoms with van der Waals surface area (Å²) in [4.78, 5) is 21.0. The van der Waals surface area contributed by atoms with Crippen LogP contribution in [0.3, 0.4) is 0 Å². The Balaban J connectivity index is 2.10. The van der Waals surface area contributed by atoms with Crippen LogP contribution < -0.4 is 5.32 Å². The summed E-state index contributed by atoms with van der Waals surface area (Å²) in [6.45, 7) is 0.608. The van der Waals surface area contributed by atoms with Crippen LogP contribution in [0.2, 0.25) is 0 Å². The first-order valence-electron chi connectivity index (χ1n) is 4.28. The number of aliphatic carboxylic acids is 1. The first-order valence-corrected chi connectivity index (χ1v) is 5.33. The summed E-state index contributed by atoms with van der Waals surface area (Å²) in [5.41, 5.74) is 0. The molecule has 0 aromatic rings. The first kappa shape index (κ1) is 10.4. The summed E-state index contributed by atoms with van der Waals surface area (Å²) >= 11 is 1.84. The predicted octanol–water partition coefficient (Wildman–Crippen LogP) is 0.473. The number of hydrogen-bond acceptors (Lipinski definition) is 3. The highest BCUT2D eigenvalue weighted by Crippen LogP contribution is 2.25. The second kappa shape index (κ2) is 5.11. The molecule has 1 rings (SSSR count). The van der Waals surface area contributed by atoms with Gasteiger partial charge in [-0.05, 0) is 18.6 Å². The fourth-order valence-corrected chi connectivity index (χ4v) is 2.43. The van der Waals surface area contributed by atoms with Crippen molar-refractivity contribution in [2.24, 2.45) is 0 Å². The molecule has 0 bridgehead atoms. The number of carboxylic acids is 1. The fourth-order valence-electron chi connectivity index (χ4n) is 1.23. The quantitative estimate of drug-likeness (QED) is 0.652. The van der Waals surface area contributed by atoms with Crippen LogP contribution in [0.1, 0.15) is 19.3 Å². The molecule has 4 nitrogen and oxygen atoms in total. The number of carboxylic acid groups (broad SMARTS) is 1. The molecule has 0 radical (unpaired) electrons. The first-order chi connectivity index (χ1) is 6.18. The molecule has 5 heteroatoms. The van der Waals surface area contributed by atoms with Gasteiger partial charge in [0.05, 0.1) is 0 Å². The van der Waals surface area contributed by atoms with Crippen molar-refractivity contribution in [1.29, 1.82) is 0 Å². The average molecular weight is 203 g/mol. The number of thioether (sulfide) groups is 1. The number of carbonyl (C=O) groups is 2. The van der Waals surface area contributed by atoms with Crippen molar-refractivity contribution in [3.05, 3.63) is 0 Å². The molecular weight excluding hydrogens is 190 g/mol. The van der Waals surface area contributed by atoms with E-state index < -0.39 is 12.4 Å². The zero-order chi connectivity index (χ0) is 9.68. The van der Waals surface area contributed by atoms with Gasteiger partial charge >= 0.3 is 5.97 Å². The molecule has 1 atom stereocenters. The van der Waals surface area contributed by atoms with Gasteiger partial charge in [0.15, 0.2) is 0 Å². The molecule has 1 aliphatic heterocycles. The Morgan fingerprint density at radius 3 is 2.85 bits per heavy atom. The number of carbonyl (C=O) groups excluding carboxylic acids is 1. The van der Waals surface area contributed by atoms with Crippen LogP contribution in [-0.2, 0) is 9.59 Å². The average Bonchev–Trinajstić information content (AvgIpc) is 2.51. The third-order valence-corrected chi connectivity index (χ3v) is 3.26. The maximum absolute atomic E-state index is 10.9. The van der Waals surface area contributed by atoms with E-state index in [1.165, 1.54) is 6.42 Å². The second-order valence-electron chi connectivity index (χ2n) is 3.01. The van der Waals surface area contributed by atoms with Gasteiger partial charge in [0.2, 0.25) is 5.91 Å². The molecule has 13 heavy (non-hydrogen) atoms. The number of amides is 1. The molecule has 1 unspecified atom stereocenters. The highest BCUT2D eigenvalue weighted by atomic mass is 32.2. The van der Waals surface area contributed by atoms with Gasteiger partial charge in [-0.1, -0.05) is 0 Å². The zero-order valence-electron chi connectivity index (χ0n) is 7.28. The molecule has 0 aliphatic carbocycles. The lowest BCUT2D eigenvalue weighted by atomic mass is 10.2. The zero-order valence-corrected chi connectivity index (χ0v) is 8.10. The Morgan fingerprint density at radius 1 is 1.54 bits per heavy atom. The van der Waals surface area contributed by atoms with E-state index >= 15 is 0 Å². The summed E-state index contributed by atoms with van der Waals surface area (Å²) in [7, 11) is 0. The summed E-state index contributed by atoms with van der Waals surface area (Å²) in [6.07, 6.45) is 1.90. The molecule has 74 valence electrons. The number of hydrogen-bond donors (Lipinski definition) is 2. The minimum Gasteiger partial charge on any atom is -0.481 e. The molecule has 0 aromatic carbocycles. The molecule has 1 heterocycles. The minimum absolute atomic E-state index is 0.389. The van der Waals surface area contributed by atoms with E-state index in [1.54, 1.807) is 0 Å². The van der Waals surface area contributed by atoms with Crippen LogP contribution in [0.25, 0.3) is 0 Å². The van der Waals surface area contributed by atoms with E-state index in [0.29, 0.717) is 11.8 Å². The molecule has 1 fully saturated rings. The maximum atomic E-state index is 10.9. The third kappa shape index (κ3) is 4.17. The molecule has 0 saturated carbocycles. The Labute approximate surface area is 81.1 Å². The Morgan fingerprint density at radius 2 is 2.31 bits per heavy atom. The van der Waals surface area contributed by atoms with Gasteiger partial charge in [0.25, 0.3) is 0 Å². The SMILES string of the molecule is O=C(O)CC(=O)NCC1CCCS1. The Kier molecular flexibility index (Phi) is 4.08. The van der Waals surface area contributed by atoms with Crippen molar-refractivity contribution in [2.45, 2.75) is 24.5 Å². The smallest absolute Gasteiger partial charge is 0.312 e. The monoisotopic (exact) mass is 203 g/mol. The molecule has 1 saturated heterocycles. The standard InChI is InChI=1S/C8H13NO3S/c10-7(4-8(11)12)9-5-6-2-1-3-13-6/h6H,1-5H2,(H,9,10)(H,11,12). The van der Waals surface area contributed by atoms with Crippen LogP contribution in [-0.4, -0.2) is 34.5 Å². The largest absolute Gasteiger partial charge is 0.481 e. The Bertz CT molecular complexity index is 202. The van der Waals surface area contributed by atoms with Gasteiger partial charge in [-0.2, -0.15) is 11.8 Å². The topological polar surface area (TPSA) is 66.4 Å². The van der Waals surface area contributed by atoms with Gasteiger partial charge in [0.1, 0.15) is 6.42 Å². The van der Waals surface area contributed by atoms with Crippen LogP contribution in [0.4, 0.5) is 0 Å². The summed E-state index contributed by atoms with van der Waals surface area (Å²) < 4.78 is 0. The van der Waals surface area contributed by atoms with Crippen LogP contribution in [0, 0.1) is 0 Å². The predicted molar refractivity (Wildman–Crippen MR) is 50.7 cm³/mol. The van der Waals surface area contributed by atoms with Crippen molar-refractivity contribution in [3.8, 4) is 0 Å². The summed E-state index contributed by atoms with van der Waals surface area (Å²) in [6, 6.07) is 0. The lowest BCUT2D eigenvalue weighted by molar-refractivity contribution is -0.140. The van der Waals surface area contributed by atoms with Crippen LogP contribution in [0.5, 0.6) is 0 Å². The van der Waals surface area contributed by atoms with Crippen molar-refractivity contribution in [2.75, 3.05) is 12.3 Å². The molecular formula is C8H13NO3S. The molecule has 1 aliphatic rings. The van der Waals surface area contributed by atoms with E-state index in [-0.39, 0.29) is 5.91 Å². The van der Waals surface area contributed by atoms with Gasteiger partial charge in [-0.15, -0.1) is 0 Å². The summed E-state index contributed by atoms with van der Waals surface area (Å²) in [5, 5.41) is 11.4. The lowest BCUT2D eigenvalue weighted by Gasteiger charge is -2.08. The van der Waals surface area contributed by atoms with E-state index in [9.17, 15) is 9.59 Å². The molecule has 1 amide bonds. The number of nitrogens with one attached hydrogen (secondary N) is 1. The van der Waals surface area contributed by atoms with Crippen LogP contribution >= 0.6 is 11.8 Å². The van der Waals surface area contributed by atoms with Crippen molar-refractivity contribution in [3.63, 3.8) is 0 Å². The highest BCUT2D eigenvalue weighted by Gasteiger charge is 2.16. The van der Waals surface area contributed by atoms with Gasteiger partial charge in [-0.3, -0.25) is 9.59 Å². The molecule has 0 spiro atoms. The second-order valence-corrected chi connectivity index (χ2v) is 4.42. The van der Waals surface area contributed by atoms with Crippen molar-refractivity contribution < 1.29 is 14.7 Å². The fraction of sp³-hybridized carbons (Fsp3) is 0.750. The Hall–Kier alpha value is -0.710. The molecule has 2 N–H and O–H groups in total. The highest BCUT2D eigenvalue weighted by molar-refractivity contribution is 8.00. The summed E-state index contributed by atoms with van der Waals surface area (Å²) in [5.74, 6) is -0.309. The minimum atomic E-state index is -1.07. The number of rotatable bonds is 4. The van der Waals surface area contributed by atoms with Gasteiger partial charge in [-0.25, -0.2) is 0 Å². The van der Waals surface area contributed by atoms with E-state index in [0.717, 1.165) is 12.2 Å². The molecule has 0 aromatic heterocycles. The van der Waals surface area contributed by atoms with E-state index in [1.807, 2.05) is 11.8 Å². The third-order valence-electron chi connectivity index (χ3n) is 1.86.